The fourth-order valence-corrected chi connectivity index (χ4v) is 3.91. The van der Waals surface area contributed by atoms with Crippen molar-refractivity contribution in [2.75, 3.05) is 38.2 Å². The molecule has 1 aromatic carbocycles. The zero-order chi connectivity index (χ0) is 18.8. The molecule has 0 aliphatic carbocycles. The molecule has 1 aliphatic rings. The Labute approximate surface area is 165 Å². The van der Waals surface area contributed by atoms with Crippen molar-refractivity contribution >= 4 is 38.8 Å². The number of rotatable bonds is 5. The number of carbonyl (C=O) groups is 1. The van der Waals surface area contributed by atoms with E-state index in [2.05, 4.69) is 35.9 Å². The number of para-hydroxylation sites is 2. The van der Waals surface area contributed by atoms with Gasteiger partial charge in [-0.25, -0.2) is 4.98 Å². The van der Waals surface area contributed by atoms with Crippen LogP contribution in [0.2, 0.25) is 0 Å². The van der Waals surface area contributed by atoms with E-state index in [1.54, 1.807) is 17.9 Å². The number of hydrogen-bond acceptors (Lipinski definition) is 4. The van der Waals surface area contributed by atoms with Crippen LogP contribution in [0.25, 0.3) is 11.0 Å². The van der Waals surface area contributed by atoms with E-state index in [1.807, 2.05) is 24.3 Å². The first-order valence-electron chi connectivity index (χ1n) is 8.99. The molecule has 8 nitrogen and oxygen atoms in total. The third-order valence-electron chi connectivity index (χ3n) is 4.77. The van der Waals surface area contributed by atoms with E-state index in [9.17, 15) is 4.79 Å². The second kappa shape index (κ2) is 7.79. The number of ether oxygens (including phenoxy) is 1. The van der Waals surface area contributed by atoms with Gasteiger partial charge >= 0.3 is 0 Å². The summed E-state index contributed by atoms with van der Waals surface area (Å²) in [5.74, 6) is 0.268. The fourth-order valence-electron chi connectivity index (χ4n) is 3.35. The minimum absolute atomic E-state index is 0.280. The van der Waals surface area contributed by atoms with Gasteiger partial charge in [-0.1, -0.05) is 12.1 Å². The van der Waals surface area contributed by atoms with Crippen molar-refractivity contribution in [3.05, 3.63) is 40.6 Å². The lowest BCUT2D eigenvalue weighted by Gasteiger charge is -2.24. The molecule has 0 saturated carbocycles. The number of imidazole rings is 1. The van der Waals surface area contributed by atoms with E-state index in [4.69, 9.17) is 4.74 Å². The molecule has 0 spiro atoms. The molecule has 142 valence electrons. The average molecular weight is 434 g/mol. The molecule has 0 bridgehead atoms. The summed E-state index contributed by atoms with van der Waals surface area (Å²) < 4.78 is 9.77. The number of aromatic nitrogens is 4. The summed E-state index contributed by atoms with van der Waals surface area (Å²) >= 11 is 3.38. The van der Waals surface area contributed by atoms with Gasteiger partial charge < -0.3 is 14.2 Å². The lowest BCUT2D eigenvalue weighted by molar-refractivity contribution is -0.908. The molecule has 1 aliphatic heterocycles. The van der Waals surface area contributed by atoms with Crippen molar-refractivity contribution in [3.63, 3.8) is 0 Å². The van der Waals surface area contributed by atoms with Gasteiger partial charge in [0.1, 0.15) is 13.1 Å². The molecule has 2 aromatic heterocycles. The first kappa shape index (κ1) is 18.1. The highest BCUT2D eigenvalue weighted by Gasteiger charge is 2.20. The number of benzene rings is 1. The molecular formula is C18H22BrN6O2+. The quantitative estimate of drug-likeness (QED) is 0.620. The summed E-state index contributed by atoms with van der Waals surface area (Å²) in [7, 11) is 1.78. The minimum atomic E-state index is -0.280. The number of carbonyl (C=O) groups excluding carboxylic acids is 1. The lowest BCUT2D eigenvalue weighted by atomic mass is 10.3. The van der Waals surface area contributed by atoms with E-state index in [0.717, 1.165) is 50.4 Å². The van der Waals surface area contributed by atoms with Gasteiger partial charge in [0.05, 0.1) is 41.8 Å². The topological polar surface area (TPSA) is 78.4 Å². The first-order chi connectivity index (χ1) is 13.1. The summed E-state index contributed by atoms with van der Waals surface area (Å²) in [6, 6.07) is 7.93. The average Bonchev–Trinajstić information content (AvgIpc) is 3.19. The number of nitrogens with zero attached hydrogens (tertiary/aromatic N) is 4. The van der Waals surface area contributed by atoms with Crippen molar-refractivity contribution in [3.8, 4) is 0 Å². The molecule has 2 N–H and O–H groups in total. The van der Waals surface area contributed by atoms with Crippen LogP contribution in [0, 0.1) is 0 Å². The van der Waals surface area contributed by atoms with Crippen LogP contribution in [-0.2, 0) is 18.3 Å². The van der Waals surface area contributed by atoms with Gasteiger partial charge in [0.25, 0.3) is 5.91 Å². The van der Waals surface area contributed by atoms with E-state index in [-0.39, 0.29) is 5.91 Å². The summed E-state index contributed by atoms with van der Waals surface area (Å²) in [4.78, 5) is 18.8. The van der Waals surface area contributed by atoms with E-state index in [0.29, 0.717) is 16.1 Å². The van der Waals surface area contributed by atoms with Gasteiger partial charge in [-0.15, -0.1) is 0 Å². The maximum Gasteiger partial charge on any atom is 0.279 e. The number of hydrogen-bond donors (Lipinski definition) is 2. The maximum absolute atomic E-state index is 12.7. The van der Waals surface area contributed by atoms with Gasteiger partial charge in [-0.3, -0.25) is 14.8 Å². The highest BCUT2D eigenvalue weighted by Crippen LogP contribution is 2.21. The summed E-state index contributed by atoms with van der Waals surface area (Å²) in [5, 5.41) is 7.14. The molecule has 3 heterocycles. The Morgan fingerprint density at radius 2 is 2.11 bits per heavy atom. The van der Waals surface area contributed by atoms with Gasteiger partial charge in [0.15, 0.2) is 5.69 Å². The van der Waals surface area contributed by atoms with Crippen LogP contribution < -0.4 is 10.2 Å². The number of nitrogens with one attached hydrogen (secondary N) is 2. The molecule has 1 amide bonds. The van der Waals surface area contributed by atoms with Crippen molar-refractivity contribution in [1.29, 1.82) is 0 Å². The Morgan fingerprint density at radius 1 is 1.33 bits per heavy atom. The normalized spacial score (nSPS) is 15.3. The standard InChI is InChI=1S/C18H21BrN6O2/c1-23-12-13(19)16(22-23)17(26)21-18-20-14-4-2-3-5-15(14)25(18)7-6-24-8-10-27-11-9-24/h2-5,12H,6-11H2,1H3,(H,20,21,26)/p+1. The summed E-state index contributed by atoms with van der Waals surface area (Å²) in [6.07, 6.45) is 1.75. The molecule has 9 heteroatoms. The van der Waals surface area contributed by atoms with Crippen LogP contribution in [0.1, 0.15) is 10.5 Å². The molecule has 1 saturated heterocycles. The van der Waals surface area contributed by atoms with Gasteiger partial charge in [-0.05, 0) is 28.1 Å². The van der Waals surface area contributed by atoms with Crippen molar-refractivity contribution < 1.29 is 14.4 Å². The molecule has 0 unspecified atom stereocenters. The second-order valence-corrected chi connectivity index (χ2v) is 7.50. The molecule has 1 fully saturated rings. The fraction of sp³-hybridized carbons (Fsp3) is 0.389. The second-order valence-electron chi connectivity index (χ2n) is 6.64. The van der Waals surface area contributed by atoms with E-state index < -0.39 is 0 Å². The van der Waals surface area contributed by atoms with Gasteiger partial charge in [-0.2, -0.15) is 5.10 Å². The van der Waals surface area contributed by atoms with Crippen LogP contribution in [0.5, 0.6) is 0 Å². The highest BCUT2D eigenvalue weighted by atomic mass is 79.9. The van der Waals surface area contributed by atoms with Gasteiger partial charge in [0.2, 0.25) is 5.95 Å². The Bertz CT molecular complexity index is 960. The third-order valence-corrected chi connectivity index (χ3v) is 5.35. The van der Waals surface area contributed by atoms with Crippen molar-refractivity contribution in [1.82, 2.24) is 19.3 Å². The van der Waals surface area contributed by atoms with Gasteiger partial charge in [0, 0.05) is 13.2 Å². The number of halogens is 1. The van der Waals surface area contributed by atoms with Crippen molar-refractivity contribution in [2.45, 2.75) is 6.54 Å². The number of amides is 1. The number of quaternary nitrogens is 1. The number of anilines is 1. The Hall–Kier alpha value is -2.23. The van der Waals surface area contributed by atoms with Crippen LogP contribution in [0.3, 0.4) is 0 Å². The Balaban J connectivity index is 1.59. The van der Waals surface area contributed by atoms with Crippen LogP contribution >= 0.6 is 15.9 Å². The summed E-state index contributed by atoms with van der Waals surface area (Å²) in [5.41, 5.74) is 2.22. The Kier molecular flexibility index (Phi) is 5.24. The monoisotopic (exact) mass is 433 g/mol. The molecular weight excluding hydrogens is 412 g/mol. The number of aryl methyl sites for hydroxylation is 1. The van der Waals surface area contributed by atoms with E-state index in [1.165, 1.54) is 4.90 Å². The first-order valence-corrected chi connectivity index (χ1v) is 9.78. The smallest absolute Gasteiger partial charge is 0.279 e. The molecule has 4 rings (SSSR count). The third kappa shape index (κ3) is 3.90. The Morgan fingerprint density at radius 3 is 2.85 bits per heavy atom. The molecule has 0 radical (unpaired) electrons. The molecule has 3 aromatic rings. The van der Waals surface area contributed by atoms with Crippen LogP contribution in [0.15, 0.2) is 34.9 Å². The lowest BCUT2D eigenvalue weighted by Crippen LogP contribution is -3.14. The molecule has 0 atom stereocenters. The SMILES string of the molecule is Cn1cc(Br)c(C(=O)Nc2nc3ccccc3n2CC[NH+]2CCOCC2)n1. The predicted octanol–water partition coefficient (Wildman–Crippen LogP) is 0.700. The predicted molar refractivity (Wildman–Crippen MR) is 105 cm³/mol. The van der Waals surface area contributed by atoms with Crippen molar-refractivity contribution in [2.24, 2.45) is 7.05 Å². The highest BCUT2D eigenvalue weighted by molar-refractivity contribution is 9.10. The van der Waals surface area contributed by atoms with Crippen LogP contribution in [-0.4, -0.2) is 58.1 Å². The maximum atomic E-state index is 12.7. The zero-order valence-corrected chi connectivity index (χ0v) is 16.7. The van der Waals surface area contributed by atoms with Crippen LogP contribution in [0.4, 0.5) is 5.95 Å². The molecule has 27 heavy (non-hydrogen) atoms. The minimum Gasteiger partial charge on any atom is -0.370 e. The largest absolute Gasteiger partial charge is 0.370 e. The number of fused-ring (bicyclic) bond motifs is 1. The number of morpholine rings is 1. The summed E-state index contributed by atoms with van der Waals surface area (Å²) in [6.45, 7) is 5.35. The zero-order valence-electron chi connectivity index (χ0n) is 15.1. The van der Waals surface area contributed by atoms with E-state index >= 15 is 0 Å².